The highest BCUT2D eigenvalue weighted by atomic mass is 35.5. The third-order valence-corrected chi connectivity index (χ3v) is 4.86. The van der Waals surface area contributed by atoms with Crippen LogP contribution >= 0.6 is 22.9 Å². The van der Waals surface area contributed by atoms with Gasteiger partial charge in [-0.2, -0.15) is 0 Å². The summed E-state index contributed by atoms with van der Waals surface area (Å²) in [7, 11) is 1.62. The van der Waals surface area contributed by atoms with Crippen LogP contribution in [0.5, 0.6) is 0 Å². The summed E-state index contributed by atoms with van der Waals surface area (Å²) < 4.78 is 6.06. The number of methoxy groups -OCH3 is 1. The third kappa shape index (κ3) is 3.31. The average Bonchev–Trinajstić information content (AvgIpc) is 2.77. The molecule has 1 heterocycles. The maximum atomic E-state index is 12.5. The molecule has 0 saturated carbocycles. The second-order valence-corrected chi connectivity index (χ2v) is 6.70. The van der Waals surface area contributed by atoms with E-state index in [2.05, 4.69) is 5.32 Å². The fourth-order valence-electron chi connectivity index (χ4n) is 2.11. The maximum absolute atomic E-state index is 12.5. The van der Waals surface area contributed by atoms with Gasteiger partial charge >= 0.3 is 0 Å². The van der Waals surface area contributed by atoms with Crippen molar-refractivity contribution >= 4 is 44.6 Å². The van der Waals surface area contributed by atoms with Crippen LogP contribution in [0, 0.1) is 5.92 Å². The van der Waals surface area contributed by atoms with Gasteiger partial charge < -0.3 is 15.8 Å². The normalized spacial score (nSPS) is 12.8. The van der Waals surface area contributed by atoms with Crippen molar-refractivity contribution in [3.8, 4) is 0 Å². The molecule has 0 fully saturated rings. The Kier molecular flexibility index (Phi) is 5.08. The zero-order valence-corrected chi connectivity index (χ0v) is 13.8. The van der Waals surface area contributed by atoms with E-state index in [-0.39, 0.29) is 17.9 Å². The Morgan fingerprint density at radius 3 is 2.76 bits per heavy atom. The van der Waals surface area contributed by atoms with Gasteiger partial charge in [-0.15, -0.1) is 11.3 Å². The van der Waals surface area contributed by atoms with Crippen molar-refractivity contribution in [2.45, 2.75) is 19.9 Å². The quantitative estimate of drug-likeness (QED) is 0.883. The molecule has 1 unspecified atom stereocenters. The van der Waals surface area contributed by atoms with Crippen molar-refractivity contribution in [2.24, 2.45) is 5.92 Å². The highest BCUT2D eigenvalue weighted by Crippen LogP contribution is 2.37. The summed E-state index contributed by atoms with van der Waals surface area (Å²) in [6.07, 6.45) is 0. The Hall–Kier alpha value is -1.30. The Morgan fingerprint density at radius 1 is 1.48 bits per heavy atom. The van der Waals surface area contributed by atoms with Crippen LogP contribution in [0.25, 0.3) is 10.1 Å². The molecule has 0 aliphatic carbocycles. The second-order valence-electron chi connectivity index (χ2n) is 5.24. The lowest BCUT2D eigenvalue weighted by Gasteiger charge is -2.21. The van der Waals surface area contributed by atoms with Crippen molar-refractivity contribution in [3.63, 3.8) is 0 Å². The number of nitrogens with one attached hydrogen (secondary N) is 1. The first-order chi connectivity index (χ1) is 9.95. The standard InChI is InChI=1S/C15H19ClN2O2S/c1-8(2)10(7-20-3)18-15(19)14-13(17)12-9(16)5-4-6-11(12)21-14/h4-6,8,10H,7,17H2,1-3H3,(H,18,19). The largest absolute Gasteiger partial charge is 0.397 e. The number of nitrogen functional groups attached to an aromatic ring is 1. The van der Waals surface area contributed by atoms with E-state index in [4.69, 9.17) is 22.1 Å². The number of anilines is 1. The summed E-state index contributed by atoms with van der Waals surface area (Å²) >= 11 is 7.52. The predicted octanol–water partition coefficient (Wildman–Crippen LogP) is 3.54. The van der Waals surface area contributed by atoms with Crippen LogP contribution in [0.1, 0.15) is 23.5 Å². The molecule has 0 saturated heterocycles. The van der Waals surface area contributed by atoms with Gasteiger partial charge in [0.05, 0.1) is 23.4 Å². The van der Waals surface area contributed by atoms with Gasteiger partial charge in [0.25, 0.3) is 5.91 Å². The van der Waals surface area contributed by atoms with Crippen molar-refractivity contribution in [2.75, 3.05) is 19.5 Å². The number of amides is 1. The molecular weight excluding hydrogens is 308 g/mol. The zero-order valence-electron chi connectivity index (χ0n) is 12.3. The van der Waals surface area contributed by atoms with Gasteiger partial charge in [-0.05, 0) is 18.1 Å². The summed E-state index contributed by atoms with van der Waals surface area (Å²) in [5, 5.41) is 4.30. The lowest BCUT2D eigenvalue weighted by atomic mass is 10.1. The summed E-state index contributed by atoms with van der Waals surface area (Å²) in [6, 6.07) is 5.48. The number of carbonyl (C=O) groups is 1. The minimum Gasteiger partial charge on any atom is -0.397 e. The predicted molar refractivity (Wildman–Crippen MR) is 89.2 cm³/mol. The molecule has 21 heavy (non-hydrogen) atoms. The molecule has 1 aromatic carbocycles. The van der Waals surface area contributed by atoms with Gasteiger partial charge in [-0.3, -0.25) is 4.79 Å². The number of halogens is 1. The van der Waals surface area contributed by atoms with Crippen molar-refractivity contribution in [1.29, 1.82) is 0 Å². The minimum absolute atomic E-state index is 0.0532. The van der Waals surface area contributed by atoms with Crippen LogP contribution in [-0.4, -0.2) is 25.7 Å². The fourth-order valence-corrected chi connectivity index (χ4v) is 3.50. The van der Waals surface area contributed by atoms with Crippen LogP contribution in [0.15, 0.2) is 18.2 Å². The lowest BCUT2D eigenvalue weighted by molar-refractivity contribution is 0.0871. The molecule has 0 aliphatic heterocycles. The molecule has 4 nitrogen and oxygen atoms in total. The van der Waals surface area contributed by atoms with E-state index in [1.165, 1.54) is 11.3 Å². The molecule has 2 rings (SSSR count). The molecule has 2 aromatic rings. The van der Waals surface area contributed by atoms with Gasteiger partial charge in [0.15, 0.2) is 0 Å². The SMILES string of the molecule is COCC(NC(=O)c1sc2cccc(Cl)c2c1N)C(C)C. The van der Waals surface area contributed by atoms with Gasteiger partial charge in [-0.25, -0.2) is 0 Å². The van der Waals surface area contributed by atoms with Gasteiger partial charge in [0.2, 0.25) is 0 Å². The molecule has 1 amide bonds. The smallest absolute Gasteiger partial charge is 0.263 e. The monoisotopic (exact) mass is 326 g/mol. The summed E-state index contributed by atoms with van der Waals surface area (Å²) in [6.45, 7) is 4.54. The number of nitrogens with two attached hydrogens (primary N) is 1. The van der Waals surface area contributed by atoms with Crippen molar-refractivity contribution in [3.05, 3.63) is 28.1 Å². The summed E-state index contributed by atoms with van der Waals surface area (Å²) in [5.41, 5.74) is 6.54. The molecule has 3 N–H and O–H groups in total. The fraction of sp³-hybridized carbons (Fsp3) is 0.400. The number of fused-ring (bicyclic) bond motifs is 1. The van der Waals surface area contributed by atoms with Crippen LogP contribution in [-0.2, 0) is 4.74 Å². The van der Waals surface area contributed by atoms with Crippen LogP contribution < -0.4 is 11.1 Å². The van der Waals surface area contributed by atoms with E-state index in [0.717, 1.165) is 10.1 Å². The summed E-state index contributed by atoms with van der Waals surface area (Å²) in [4.78, 5) is 13.0. The third-order valence-electron chi connectivity index (χ3n) is 3.38. The molecule has 114 valence electrons. The molecular formula is C15H19ClN2O2S. The molecule has 0 spiro atoms. The molecule has 6 heteroatoms. The van der Waals surface area contributed by atoms with E-state index in [9.17, 15) is 4.79 Å². The second kappa shape index (κ2) is 6.64. The molecule has 1 atom stereocenters. The number of benzene rings is 1. The molecule has 0 radical (unpaired) electrons. The van der Waals surface area contributed by atoms with E-state index >= 15 is 0 Å². The number of thiophene rings is 1. The molecule has 0 aliphatic rings. The highest BCUT2D eigenvalue weighted by molar-refractivity contribution is 7.21. The van der Waals surface area contributed by atoms with Gasteiger partial charge in [-0.1, -0.05) is 31.5 Å². The van der Waals surface area contributed by atoms with E-state index in [0.29, 0.717) is 22.2 Å². The highest BCUT2D eigenvalue weighted by Gasteiger charge is 2.22. The Balaban J connectivity index is 2.31. The number of carbonyl (C=O) groups excluding carboxylic acids is 1. The zero-order chi connectivity index (χ0) is 15.6. The van der Waals surface area contributed by atoms with Crippen LogP contribution in [0.2, 0.25) is 5.02 Å². The first-order valence-corrected chi connectivity index (χ1v) is 7.91. The van der Waals surface area contributed by atoms with Crippen molar-refractivity contribution < 1.29 is 9.53 Å². The Labute approximate surface area is 133 Å². The average molecular weight is 327 g/mol. The lowest BCUT2D eigenvalue weighted by Crippen LogP contribution is -2.41. The number of hydrogen-bond acceptors (Lipinski definition) is 4. The van der Waals surface area contributed by atoms with Gasteiger partial charge in [0, 0.05) is 17.2 Å². The summed E-state index contributed by atoms with van der Waals surface area (Å²) in [5.74, 6) is 0.0913. The first kappa shape index (κ1) is 16.1. The number of ether oxygens (including phenoxy) is 1. The molecule has 0 bridgehead atoms. The maximum Gasteiger partial charge on any atom is 0.263 e. The van der Waals surface area contributed by atoms with Gasteiger partial charge in [0.1, 0.15) is 4.88 Å². The van der Waals surface area contributed by atoms with Crippen LogP contribution in [0.3, 0.4) is 0 Å². The topological polar surface area (TPSA) is 64.3 Å². The van der Waals surface area contributed by atoms with E-state index in [1.807, 2.05) is 26.0 Å². The Morgan fingerprint density at radius 2 is 2.19 bits per heavy atom. The van der Waals surface area contributed by atoms with Crippen molar-refractivity contribution in [1.82, 2.24) is 5.32 Å². The van der Waals surface area contributed by atoms with Crippen LogP contribution in [0.4, 0.5) is 5.69 Å². The minimum atomic E-state index is -0.180. The van der Waals surface area contributed by atoms with E-state index < -0.39 is 0 Å². The molecule has 1 aromatic heterocycles. The van der Waals surface area contributed by atoms with E-state index in [1.54, 1.807) is 13.2 Å². The Bertz CT molecular complexity index is 654. The number of hydrogen-bond donors (Lipinski definition) is 2. The first-order valence-electron chi connectivity index (χ1n) is 6.72. The number of rotatable bonds is 5.